The standard InChI is InChI=1S/C22H14F2/c23-21(19-13-5-9-15-7-1-3-11-17(15)19)22(24)20-14-6-10-16-8-2-4-12-18(16)20/h1-14H/b22-21+. The summed E-state index contributed by atoms with van der Waals surface area (Å²) in [4.78, 5) is 0. The summed E-state index contributed by atoms with van der Waals surface area (Å²) in [6.45, 7) is 0. The molecule has 116 valence electrons. The smallest absolute Gasteiger partial charge is 0.167 e. The maximum Gasteiger partial charge on any atom is 0.167 e. The molecule has 0 aliphatic rings. The minimum atomic E-state index is -0.830. The van der Waals surface area contributed by atoms with E-state index in [9.17, 15) is 8.78 Å². The van der Waals surface area contributed by atoms with Crippen LogP contribution in [0.2, 0.25) is 0 Å². The average Bonchev–Trinajstić information content (AvgIpc) is 2.66. The van der Waals surface area contributed by atoms with Gasteiger partial charge in [-0.05, 0) is 21.5 Å². The highest BCUT2D eigenvalue weighted by Crippen LogP contribution is 2.35. The zero-order chi connectivity index (χ0) is 16.5. The highest BCUT2D eigenvalue weighted by molar-refractivity contribution is 6.01. The Morgan fingerprint density at radius 2 is 0.833 bits per heavy atom. The largest absolute Gasteiger partial charge is 0.203 e. The van der Waals surface area contributed by atoms with E-state index in [1.54, 1.807) is 36.4 Å². The van der Waals surface area contributed by atoms with Crippen molar-refractivity contribution in [1.29, 1.82) is 0 Å². The summed E-state index contributed by atoms with van der Waals surface area (Å²) in [6, 6.07) is 25.3. The summed E-state index contributed by atoms with van der Waals surface area (Å²) in [5.74, 6) is -1.66. The van der Waals surface area contributed by atoms with Crippen LogP contribution in [0.5, 0.6) is 0 Å². The molecule has 0 bridgehead atoms. The molecule has 0 aliphatic heterocycles. The molecule has 0 N–H and O–H groups in total. The molecule has 0 heterocycles. The lowest BCUT2D eigenvalue weighted by atomic mass is 9.99. The molecule has 0 aliphatic carbocycles. The van der Waals surface area contributed by atoms with E-state index >= 15 is 0 Å². The molecule has 4 aromatic rings. The fourth-order valence-corrected chi connectivity index (χ4v) is 3.07. The lowest BCUT2D eigenvalue weighted by Crippen LogP contribution is -1.88. The SMILES string of the molecule is F/C(=C(/F)c1cccc2ccccc12)c1cccc2ccccc12. The number of fused-ring (bicyclic) bond motifs is 2. The first-order valence-corrected chi connectivity index (χ1v) is 7.77. The van der Waals surface area contributed by atoms with Crippen LogP contribution in [-0.2, 0) is 0 Å². The van der Waals surface area contributed by atoms with Crippen molar-refractivity contribution in [2.75, 3.05) is 0 Å². The third-order valence-electron chi connectivity index (χ3n) is 4.24. The van der Waals surface area contributed by atoms with Gasteiger partial charge in [0.25, 0.3) is 0 Å². The van der Waals surface area contributed by atoms with E-state index in [0.717, 1.165) is 10.8 Å². The Bertz CT molecular complexity index is 979. The van der Waals surface area contributed by atoms with Crippen LogP contribution < -0.4 is 0 Å². The highest BCUT2D eigenvalue weighted by Gasteiger charge is 2.15. The molecule has 0 fully saturated rings. The van der Waals surface area contributed by atoms with Gasteiger partial charge >= 0.3 is 0 Å². The van der Waals surface area contributed by atoms with Crippen molar-refractivity contribution in [2.45, 2.75) is 0 Å². The molecule has 4 rings (SSSR count). The predicted octanol–water partition coefficient (Wildman–Crippen LogP) is 6.76. The molecule has 24 heavy (non-hydrogen) atoms. The van der Waals surface area contributed by atoms with Crippen molar-refractivity contribution < 1.29 is 8.78 Å². The van der Waals surface area contributed by atoms with Crippen LogP contribution in [0.4, 0.5) is 8.78 Å². The molecular weight excluding hydrogens is 302 g/mol. The van der Waals surface area contributed by atoms with Crippen molar-refractivity contribution in [3.05, 3.63) is 96.1 Å². The molecule has 0 radical (unpaired) electrons. The third-order valence-corrected chi connectivity index (χ3v) is 4.24. The van der Waals surface area contributed by atoms with Crippen LogP contribution in [-0.4, -0.2) is 0 Å². The Labute approximate surface area is 138 Å². The van der Waals surface area contributed by atoms with E-state index in [1.807, 2.05) is 48.5 Å². The average molecular weight is 316 g/mol. The zero-order valence-corrected chi connectivity index (χ0v) is 12.8. The van der Waals surface area contributed by atoms with Crippen molar-refractivity contribution in [2.24, 2.45) is 0 Å². The molecule has 0 spiro atoms. The number of hydrogen-bond donors (Lipinski definition) is 0. The van der Waals surface area contributed by atoms with Crippen LogP contribution in [0.3, 0.4) is 0 Å². The van der Waals surface area contributed by atoms with E-state index in [0.29, 0.717) is 10.8 Å². The summed E-state index contributed by atoms with van der Waals surface area (Å²) >= 11 is 0. The molecule has 0 unspecified atom stereocenters. The fourth-order valence-electron chi connectivity index (χ4n) is 3.07. The first-order chi connectivity index (χ1) is 11.8. The Balaban J connectivity index is 1.97. The molecule has 0 nitrogen and oxygen atoms in total. The van der Waals surface area contributed by atoms with E-state index < -0.39 is 11.7 Å². The molecule has 0 amide bonds. The van der Waals surface area contributed by atoms with Gasteiger partial charge in [0.15, 0.2) is 11.7 Å². The van der Waals surface area contributed by atoms with Crippen LogP contribution >= 0.6 is 0 Å². The second-order valence-electron chi connectivity index (χ2n) is 5.68. The van der Waals surface area contributed by atoms with Gasteiger partial charge in [-0.2, -0.15) is 0 Å². The Hall–Kier alpha value is -3.00. The molecule has 0 saturated carbocycles. The molecule has 2 heteroatoms. The number of hydrogen-bond acceptors (Lipinski definition) is 0. The van der Waals surface area contributed by atoms with Crippen LogP contribution in [0.15, 0.2) is 84.9 Å². The lowest BCUT2D eigenvalue weighted by molar-refractivity contribution is 0.702. The molecule has 0 saturated heterocycles. The zero-order valence-electron chi connectivity index (χ0n) is 12.8. The van der Waals surface area contributed by atoms with Crippen LogP contribution in [0, 0.1) is 0 Å². The van der Waals surface area contributed by atoms with E-state index in [1.165, 1.54) is 0 Å². The van der Waals surface area contributed by atoms with Gasteiger partial charge in [-0.25, -0.2) is 8.78 Å². The Morgan fingerprint density at radius 3 is 1.29 bits per heavy atom. The molecular formula is C22H14F2. The van der Waals surface area contributed by atoms with Gasteiger partial charge in [0.1, 0.15) is 0 Å². The van der Waals surface area contributed by atoms with Crippen LogP contribution in [0.1, 0.15) is 11.1 Å². The summed E-state index contributed by atoms with van der Waals surface area (Å²) in [5.41, 5.74) is 0.553. The quantitative estimate of drug-likeness (QED) is 0.358. The van der Waals surface area contributed by atoms with Gasteiger partial charge in [0, 0.05) is 11.1 Å². The minimum absolute atomic E-state index is 0.276. The summed E-state index contributed by atoms with van der Waals surface area (Å²) in [5, 5.41) is 3.17. The Morgan fingerprint density at radius 1 is 0.458 bits per heavy atom. The highest BCUT2D eigenvalue weighted by atomic mass is 19.2. The van der Waals surface area contributed by atoms with Gasteiger partial charge in [-0.1, -0.05) is 84.9 Å². The van der Waals surface area contributed by atoms with Crippen molar-refractivity contribution >= 4 is 33.2 Å². The van der Waals surface area contributed by atoms with Gasteiger partial charge in [-0.15, -0.1) is 0 Å². The van der Waals surface area contributed by atoms with Gasteiger partial charge in [0.05, 0.1) is 0 Å². The maximum absolute atomic E-state index is 15.0. The molecule has 4 aromatic carbocycles. The van der Waals surface area contributed by atoms with Gasteiger partial charge in [0.2, 0.25) is 0 Å². The minimum Gasteiger partial charge on any atom is -0.203 e. The summed E-state index contributed by atoms with van der Waals surface area (Å²) < 4.78 is 30.0. The fraction of sp³-hybridized carbons (Fsp3) is 0. The lowest BCUT2D eigenvalue weighted by Gasteiger charge is -2.08. The first-order valence-electron chi connectivity index (χ1n) is 7.77. The van der Waals surface area contributed by atoms with Crippen molar-refractivity contribution in [3.63, 3.8) is 0 Å². The first kappa shape index (κ1) is 14.6. The normalized spacial score (nSPS) is 12.4. The monoisotopic (exact) mass is 316 g/mol. The number of benzene rings is 4. The van der Waals surface area contributed by atoms with Crippen molar-refractivity contribution in [3.8, 4) is 0 Å². The predicted molar refractivity (Wildman–Crippen MR) is 96.9 cm³/mol. The van der Waals surface area contributed by atoms with Crippen molar-refractivity contribution in [1.82, 2.24) is 0 Å². The molecule has 0 atom stereocenters. The Kier molecular flexibility index (Phi) is 3.58. The third kappa shape index (κ3) is 2.37. The van der Waals surface area contributed by atoms with Gasteiger partial charge in [-0.3, -0.25) is 0 Å². The van der Waals surface area contributed by atoms with E-state index in [2.05, 4.69) is 0 Å². The molecule has 0 aromatic heterocycles. The maximum atomic E-state index is 15.0. The van der Waals surface area contributed by atoms with Gasteiger partial charge < -0.3 is 0 Å². The van der Waals surface area contributed by atoms with E-state index in [4.69, 9.17) is 0 Å². The summed E-state index contributed by atoms with van der Waals surface area (Å²) in [6.07, 6.45) is 0. The number of halogens is 2. The second-order valence-corrected chi connectivity index (χ2v) is 5.68. The number of rotatable bonds is 2. The summed E-state index contributed by atoms with van der Waals surface area (Å²) in [7, 11) is 0. The van der Waals surface area contributed by atoms with E-state index in [-0.39, 0.29) is 11.1 Å². The topological polar surface area (TPSA) is 0 Å². The second kappa shape index (κ2) is 5.89. The van der Waals surface area contributed by atoms with Crippen LogP contribution in [0.25, 0.3) is 33.2 Å².